The molecule has 0 radical (unpaired) electrons. The molecule has 29 heavy (non-hydrogen) atoms. The molecule has 0 fully saturated rings. The smallest absolute Gasteiger partial charge is 0.338 e. The Labute approximate surface area is 167 Å². The maximum absolute atomic E-state index is 12.8. The van der Waals surface area contributed by atoms with Crippen LogP contribution in [0.5, 0.6) is 0 Å². The van der Waals surface area contributed by atoms with Crippen LogP contribution in [0.3, 0.4) is 0 Å². The molecular formula is C21H21N3O5. The Balaban J connectivity index is 1.82. The lowest BCUT2D eigenvalue weighted by molar-refractivity contribution is -0.384. The molecule has 0 saturated heterocycles. The maximum atomic E-state index is 12.8. The Bertz CT molecular complexity index is 954. The first kappa shape index (κ1) is 20.1. The Morgan fingerprint density at radius 3 is 2.45 bits per heavy atom. The van der Waals surface area contributed by atoms with Crippen molar-refractivity contribution in [1.82, 2.24) is 10.2 Å². The fourth-order valence-electron chi connectivity index (χ4n) is 3.12. The Kier molecular flexibility index (Phi) is 5.92. The van der Waals surface area contributed by atoms with Crippen molar-refractivity contribution in [2.75, 3.05) is 13.7 Å². The van der Waals surface area contributed by atoms with E-state index < -0.39 is 16.9 Å². The Morgan fingerprint density at radius 1 is 1.17 bits per heavy atom. The van der Waals surface area contributed by atoms with Crippen molar-refractivity contribution >= 4 is 17.7 Å². The summed E-state index contributed by atoms with van der Waals surface area (Å²) < 4.78 is 5.47. The number of esters is 1. The molecule has 150 valence electrons. The molecule has 0 saturated carbocycles. The molecule has 8 heteroatoms. The molecule has 1 N–H and O–H groups in total. The lowest BCUT2D eigenvalue weighted by atomic mass is 9.95. The topological polar surface area (TPSA) is 102 Å². The molecule has 0 aromatic heterocycles. The van der Waals surface area contributed by atoms with Crippen LogP contribution in [-0.2, 0) is 16.0 Å². The lowest BCUT2D eigenvalue weighted by Crippen LogP contribution is -2.46. The monoisotopic (exact) mass is 395 g/mol. The number of amides is 2. The number of carbonyl (C=O) groups is 2. The molecule has 2 aromatic carbocycles. The first-order valence-corrected chi connectivity index (χ1v) is 9.09. The molecule has 1 unspecified atom stereocenters. The quantitative estimate of drug-likeness (QED) is 0.459. The van der Waals surface area contributed by atoms with Gasteiger partial charge in [-0.2, -0.15) is 0 Å². The second kappa shape index (κ2) is 8.55. The highest BCUT2D eigenvalue weighted by Gasteiger charge is 2.35. The number of non-ortho nitro benzene ring substituents is 1. The van der Waals surface area contributed by atoms with Crippen LogP contribution in [0.1, 0.15) is 24.1 Å². The fraction of sp³-hybridized carbons (Fsp3) is 0.238. The molecule has 0 spiro atoms. The summed E-state index contributed by atoms with van der Waals surface area (Å²) in [4.78, 5) is 36.8. The number of allylic oxidation sites excluding steroid dienone is 1. The SMILES string of the molecule is CC1=C(C(=O)OCCc2ccccc2)C(c2ccc([N+](=O)[O-])cc2)NC(=O)N1C. The van der Waals surface area contributed by atoms with Crippen LogP contribution in [0.2, 0.25) is 0 Å². The van der Waals surface area contributed by atoms with Crippen LogP contribution in [0.15, 0.2) is 65.9 Å². The van der Waals surface area contributed by atoms with Crippen molar-refractivity contribution in [3.05, 3.63) is 87.1 Å². The average Bonchev–Trinajstić information content (AvgIpc) is 2.72. The number of benzene rings is 2. The zero-order valence-electron chi connectivity index (χ0n) is 16.1. The number of nitrogens with zero attached hydrogens (tertiary/aromatic N) is 2. The highest BCUT2D eigenvalue weighted by atomic mass is 16.6. The van der Waals surface area contributed by atoms with Crippen molar-refractivity contribution in [2.45, 2.75) is 19.4 Å². The van der Waals surface area contributed by atoms with Gasteiger partial charge in [0.2, 0.25) is 0 Å². The van der Waals surface area contributed by atoms with E-state index in [1.807, 2.05) is 30.3 Å². The van der Waals surface area contributed by atoms with E-state index in [1.54, 1.807) is 14.0 Å². The normalized spacial score (nSPS) is 16.4. The standard InChI is InChI=1S/C21H21N3O5/c1-14-18(20(25)29-13-12-15-6-4-3-5-7-15)19(22-21(26)23(14)2)16-8-10-17(11-9-16)24(27)28/h3-11,19H,12-13H2,1-2H3,(H,22,26). The summed E-state index contributed by atoms with van der Waals surface area (Å²) in [5.74, 6) is -0.534. The van der Waals surface area contributed by atoms with E-state index in [4.69, 9.17) is 4.74 Å². The van der Waals surface area contributed by atoms with Gasteiger partial charge in [-0.3, -0.25) is 10.1 Å². The van der Waals surface area contributed by atoms with Gasteiger partial charge in [0.1, 0.15) is 0 Å². The molecule has 0 aliphatic carbocycles. The zero-order valence-corrected chi connectivity index (χ0v) is 16.1. The maximum Gasteiger partial charge on any atom is 0.338 e. The second-order valence-corrected chi connectivity index (χ2v) is 6.66. The van der Waals surface area contributed by atoms with E-state index in [0.29, 0.717) is 23.3 Å². The van der Waals surface area contributed by atoms with Gasteiger partial charge in [0.15, 0.2) is 0 Å². The van der Waals surface area contributed by atoms with Gasteiger partial charge in [-0.15, -0.1) is 0 Å². The van der Waals surface area contributed by atoms with Crippen LogP contribution in [0, 0.1) is 10.1 Å². The molecule has 2 aromatic rings. The predicted molar refractivity (Wildman–Crippen MR) is 106 cm³/mol. The van der Waals surface area contributed by atoms with E-state index in [1.165, 1.54) is 29.2 Å². The van der Waals surface area contributed by atoms with Crippen LogP contribution in [0.4, 0.5) is 10.5 Å². The first-order chi connectivity index (χ1) is 13.9. The van der Waals surface area contributed by atoms with Gasteiger partial charge in [0, 0.05) is 31.3 Å². The number of carbonyl (C=O) groups excluding carboxylic acids is 2. The van der Waals surface area contributed by atoms with Crippen LogP contribution in [0.25, 0.3) is 0 Å². The minimum atomic E-state index is -0.747. The summed E-state index contributed by atoms with van der Waals surface area (Å²) in [7, 11) is 1.56. The van der Waals surface area contributed by atoms with Gasteiger partial charge in [0.25, 0.3) is 5.69 Å². The molecule has 1 heterocycles. The summed E-state index contributed by atoms with van der Waals surface area (Å²) in [6.45, 7) is 1.87. The summed E-state index contributed by atoms with van der Waals surface area (Å²) >= 11 is 0. The van der Waals surface area contributed by atoms with E-state index >= 15 is 0 Å². The van der Waals surface area contributed by atoms with Gasteiger partial charge in [-0.25, -0.2) is 9.59 Å². The minimum absolute atomic E-state index is 0.0688. The number of urea groups is 1. The molecule has 1 aliphatic heterocycles. The Hall–Kier alpha value is -3.68. The highest BCUT2D eigenvalue weighted by Crippen LogP contribution is 2.31. The van der Waals surface area contributed by atoms with Crippen LogP contribution >= 0.6 is 0 Å². The number of nitro groups is 1. The number of hydrogen-bond acceptors (Lipinski definition) is 5. The van der Waals surface area contributed by atoms with Crippen molar-refractivity contribution in [2.24, 2.45) is 0 Å². The number of ether oxygens (including phenoxy) is 1. The third-order valence-corrected chi connectivity index (χ3v) is 4.88. The molecule has 2 amide bonds. The number of nitrogens with one attached hydrogen (secondary N) is 1. The highest BCUT2D eigenvalue weighted by molar-refractivity contribution is 5.95. The number of nitro benzene ring substituents is 1. The zero-order chi connectivity index (χ0) is 21.0. The van der Waals surface area contributed by atoms with Crippen molar-refractivity contribution < 1.29 is 19.2 Å². The lowest BCUT2D eigenvalue weighted by Gasteiger charge is -2.33. The second-order valence-electron chi connectivity index (χ2n) is 6.66. The third-order valence-electron chi connectivity index (χ3n) is 4.88. The van der Waals surface area contributed by atoms with Gasteiger partial charge in [0.05, 0.1) is 23.1 Å². The molecule has 3 rings (SSSR count). The predicted octanol–water partition coefficient (Wildman–Crippen LogP) is 3.35. The van der Waals surface area contributed by atoms with Gasteiger partial charge in [-0.1, -0.05) is 30.3 Å². The van der Waals surface area contributed by atoms with E-state index in [9.17, 15) is 19.7 Å². The van der Waals surface area contributed by atoms with Crippen molar-refractivity contribution in [1.29, 1.82) is 0 Å². The summed E-state index contributed by atoms with van der Waals surface area (Å²) in [5, 5.41) is 13.6. The number of hydrogen-bond donors (Lipinski definition) is 1. The van der Waals surface area contributed by atoms with Crippen molar-refractivity contribution in [3.63, 3.8) is 0 Å². The van der Waals surface area contributed by atoms with Gasteiger partial charge >= 0.3 is 12.0 Å². The van der Waals surface area contributed by atoms with Gasteiger partial charge < -0.3 is 15.0 Å². The van der Waals surface area contributed by atoms with E-state index in [-0.39, 0.29) is 18.3 Å². The Morgan fingerprint density at radius 2 is 1.83 bits per heavy atom. The average molecular weight is 395 g/mol. The first-order valence-electron chi connectivity index (χ1n) is 9.09. The largest absolute Gasteiger partial charge is 0.462 e. The van der Waals surface area contributed by atoms with Crippen LogP contribution < -0.4 is 5.32 Å². The summed E-state index contributed by atoms with van der Waals surface area (Å²) in [6, 6.07) is 14.3. The van der Waals surface area contributed by atoms with E-state index in [0.717, 1.165) is 5.56 Å². The van der Waals surface area contributed by atoms with Crippen molar-refractivity contribution in [3.8, 4) is 0 Å². The van der Waals surface area contributed by atoms with Gasteiger partial charge in [-0.05, 0) is 30.2 Å². The van der Waals surface area contributed by atoms with Crippen LogP contribution in [-0.4, -0.2) is 35.5 Å². The molecular weight excluding hydrogens is 374 g/mol. The molecule has 1 aliphatic rings. The summed E-state index contributed by atoms with van der Waals surface area (Å²) in [5.41, 5.74) is 2.31. The molecule has 0 bridgehead atoms. The number of rotatable bonds is 6. The molecule has 8 nitrogen and oxygen atoms in total. The minimum Gasteiger partial charge on any atom is -0.462 e. The third kappa shape index (κ3) is 4.43. The van der Waals surface area contributed by atoms with E-state index in [2.05, 4.69) is 5.32 Å². The summed E-state index contributed by atoms with van der Waals surface area (Å²) in [6.07, 6.45) is 0.573. The fourth-order valence-corrected chi connectivity index (χ4v) is 3.12. The molecule has 1 atom stereocenters.